The van der Waals surface area contributed by atoms with Gasteiger partial charge in [-0.05, 0) is 17.7 Å². The predicted molar refractivity (Wildman–Crippen MR) is 84.0 cm³/mol. The van der Waals surface area contributed by atoms with Crippen molar-refractivity contribution in [1.82, 2.24) is 4.72 Å². The minimum absolute atomic E-state index is 0.0789. The van der Waals surface area contributed by atoms with Crippen molar-refractivity contribution in [3.63, 3.8) is 0 Å². The number of carbonyl (C=O) groups excluding carboxylic acids is 1. The maximum atomic E-state index is 12.0. The van der Waals surface area contributed by atoms with E-state index in [0.29, 0.717) is 5.56 Å². The fourth-order valence-electron chi connectivity index (χ4n) is 1.89. The number of nitrogens with one attached hydrogen (secondary N) is 1. The van der Waals surface area contributed by atoms with E-state index < -0.39 is 20.9 Å². The zero-order valence-corrected chi connectivity index (χ0v) is 12.6. The summed E-state index contributed by atoms with van der Waals surface area (Å²) in [6, 6.07) is 11.6. The second-order valence-corrected chi connectivity index (χ2v) is 6.43. The van der Waals surface area contributed by atoms with Crippen LogP contribution >= 0.6 is 0 Å². The van der Waals surface area contributed by atoms with E-state index in [9.17, 15) is 23.3 Å². The Morgan fingerprint density at radius 2 is 1.83 bits per heavy atom. The highest BCUT2D eigenvalue weighted by molar-refractivity contribution is 7.89. The number of nitro groups is 1. The van der Waals surface area contributed by atoms with Crippen LogP contribution in [-0.2, 0) is 15.8 Å². The number of hydrogen-bond donors (Lipinski definition) is 2. The Morgan fingerprint density at radius 1 is 1.17 bits per heavy atom. The molecule has 0 heterocycles. The molecular formula is C14H13N3O5S. The third-order valence-electron chi connectivity index (χ3n) is 2.93. The molecule has 2 rings (SSSR count). The van der Waals surface area contributed by atoms with Crippen LogP contribution in [0.3, 0.4) is 0 Å². The van der Waals surface area contributed by atoms with E-state index in [1.165, 1.54) is 0 Å². The molecular weight excluding hydrogens is 322 g/mol. The van der Waals surface area contributed by atoms with Crippen LogP contribution in [-0.4, -0.2) is 19.2 Å². The Morgan fingerprint density at radius 3 is 2.39 bits per heavy atom. The molecule has 9 heteroatoms. The summed E-state index contributed by atoms with van der Waals surface area (Å²) < 4.78 is 25.8. The summed E-state index contributed by atoms with van der Waals surface area (Å²) in [5.74, 6) is -1.26. The molecule has 0 aliphatic heterocycles. The van der Waals surface area contributed by atoms with Crippen LogP contribution < -0.4 is 10.5 Å². The summed E-state index contributed by atoms with van der Waals surface area (Å²) >= 11 is 0. The average Bonchev–Trinajstić information content (AvgIpc) is 2.46. The summed E-state index contributed by atoms with van der Waals surface area (Å²) in [5, 5.41) is 10.7. The number of nitro benzene ring substituents is 1. The first-order chi connectivity index (χ1) is 10.8. The van der Waals surface area contributed by atoms with Crippen LogP contribution in [0.25, 0.3) is 0 Å². The summed E-state index contributed by atoms with van der Waals surface area (Å²) in [6.45, 7) is 0. The lowest BCUT2D eigenvalue weighted by Gasteiger charge is -2.07. The molecule has 0 saturated heterocycles. The number of nitrogens with two attached hydrogens (primary N) is 1. The number of sulfonamides is 1. The van der Waals surface area contributed by atoms with Gasteiger partial charge in [0.2, 0.25) is 10.0 Å². The molecule has 23 heavy (non-hydrogen) atoms. The van der Waals surface area contributed by atoms with Crippen LogP contribution in [0, 0.1) is 10.1 Å². The molecule has 8 nitrogen and oxygen atoms in total. The Kier molecular flexibility index (Phi) is 4.60. The van der Waals surface area contributed by atoms with E-state index in [1.54, 1.807) is 30.3 Å². The number of rotatable bonds is 5. The van der Waals surface area contributed by atoms with Gasteiger partial charge in [-0.1, -0.05) is 30.3 Å². The maximum Gasteiger partial charge on any atom is 0.292 e. The summed E-state index contributed by atoms with van der Waals surface area (Å²) in [4.78, 5) is 21.9. The average molecular weight is 335 g/mol. The Bertz CT molecular complexity index is 850. The molecule has 3 N–H and O–H groups in total. The van der Waals surface area contributed by atoms with Gasteiger partial charge in [0.25, 0.3) is 11.6 Å². The fraction of sp³-hybridized carbons (Fsp3) is 0.0714. The van der Waals surface area contributed by atoms with Crippen molar-refractivity contribution in [3.05, 3.63) is 69.8 Å². The van der Waals surface area contributed by atoms with Gasteiger partial charge >= 0.3 is 0 Å². The first-order valence-electron chi connectivity index (χ1n) is 6.41. The van der Waals surface area contributed by atoms with Gasteiger partial charge in [-0.3, -0.25) is 14.9 Å². The number of benzene rings is 2. The highest BCUT2D eigenvalue weighted by Crippen LogP contribution is 2.22. The van der Waals surface area contributed by atoms with Gasteiger partial charge in [-0.15, -0.1) is 0 Å². The van der Waals surface area contributed by atoms with Crippen LogP contribution in [0.2, 0.25) is 0 Å². The lowest BCUT2D eigenvalue weighted by Crippen LogP contribution is -2.31. The fourth-order valence-corrected chi connectivity index (χ4v) is 3.00. The number of carbonyl (C=O) groups is 1. The largest absolute Gasteiger partial charge is 0.393 e. The smallest absolute Gasteiger partial charge is 0.292 e. The van der Waals surface area contributed by atoms with Gasteiger partial charge in [0.15, 0.2) is 0 Å². The molecule has 0 fully saturated rings. The number of anilines is 1. The van der Waals surface area contributed by atoms with Crippen molar-refractivity contribution in [3.8, 4) is 0 Å². The second-order valence-electron chi connectivity index (χ2n) is 4.71. The molecule has 0 saturated carbocycles. The molecule has 0 unspecified atom stereocenters. The van der Waals surface area contributed by atoms with Crippen molar-refractivity contribution in [1.29, 1.82) is 0 Å². The van der Waals surface area contributed by atoms with Crippen LogP contribution in [0.15, 0.2) is 48.5 Å². The lowest BCUT2D eigenvalue weighted by atomic mass is 10.1. The van der Waals surface area contributed by atoms with E-state index in [4.69, 9.17) is 5.73 Å². The number of nitrogens with zero attached hydrogens (tertiary/aromatic N) is 1. The minimum atomic E-state index is -3.90. The topological polar surface area (TPSA) is 132 Å². The monoisotopic (exact) mass is 335 g/mol. The molecule has 0 aliphatic rings. The van der Waals surface area contributed by atoms with Gasteiger partial charge in [0.1, 0.15) is 5.69 Å². The maximum absolute atomic E-state index is 12.0. The highest BCUT2D eigenvalue weighted by Gasteiger charge is 2.19. The summed E-state index contributed by atoms with van der Waals surface area (Å²) in [5.41, 5.74) is 5.35. The molecule has 0 bridgehead atoms. The van der Waals surface area contributed by atoms with Crippen LogP contribution in [0.5, 0.6) is 0 Å². The highest BCUT2D eigenvalue weighted by atomic mass is 32.2. The number of amides is 1. The van der Waals surface area contributed by atoms with E-state index in [0.717, 1.165) is 18.2 Å². The Balaban J connectivity index is 2.15. The van der Waals surface area contributed by atoms with Gasteiger partial charge < -0.3 is 5.73 Å². The van der Waals surface area contributed by atoms with Crippen molar-refractivity contribution in [2.24, 2.45) is 0 Å². The molecule has 0 atom stereocenters. The molecule has 2 aromatic rings. The van der Waals surface area contributed by atoms with Gasteiger partial charge in [-0.2, -0.15) is 0 Å². The lowest BCUT2D eigenvalue weighted by molar-refractivity contribution is -0.383. The summed E-state index contributed by atoms with van der Waals surface area (Å²) in [6.07, 6.45) is 0. The first kappa shape index (κ1) is 16.4. The Hall–Kier alpha value is -2.94. The van der Waals surface area contributed by atoms with Crippen molar-refractivity contribution < 1.29 is 18.1 Å². The molecule has 0 radical (unpaired) electrons. The Labute approximate surface area is 132 Å². The summed E-state index contributed by atoms with van der Waals surface area (Å²) in [7, 11) is -3.90. The third kappa shape index (κ3) is 4.27. The van der Waals surface area contributed by atoms with Crippen molar-refractivity contribution in [2.75, 3.05) is 5.73 Å². The zero-order chi connectivity index (χ0) is 17.0. The minimum Gasteiger partial charge on any atom is -0.393 e. The normalized spacial score (nSPS) is 11.0. The van der Waals surface area contributed by atoms with Crippen LogP contribution in [0.4, 0.5) is 11.4 Å². The molecule has 1 amide bonds. The molecule has 0 aliphatic carbocycles. The van der Waals surface area contributed by atoms with E-state index in [-0.39, 0.29) is 22.7 Å². The van der Waals surface area contributed by atoms with E-state index in [1.807, 2.05) is 4.72 Å². The van der Waals surface area contributed by atoms with Gasteiger partial charge in [0.05, 0.1) is 10.7 Å². The predicted octanol–water partition coefficient (Wildman–Crippen LogP) is 1.44. The molecule has 2 aromatic carbocycles. The second kappa shape index (κ2) is 6.44. The molecule has 120 valence electrons. The van der Waals surface area contributed by atoms with Crippen molar-refractivity contribution >= 4 is 27.3 Å². The standard InChI is InChI=1S/C14H13N3O5S/c15-12-8-11(6-7-13(12)17(19)20)14(18)16-23(21,22)9-10-4-2-1-3-5-10/h1-8H,9,15H2,(H,16,18). The van der Waals surface area contributed by atoms with Gasteiger partial charge in [0, 0.05) is 11.6 Å². The van der Waals surface area contributed by atoms with E-state index >= 15 is 0 Å². The van der Waals surface area contributed by atoms with E-state index in [2.05, 4.69) is 0 Å². The number of nitrogen functional groups attached to an aromatic ring is 1. The molecule has 0 spiro atoms. The SMILES string of the molecule is Nc1cc(C(=O)NS(=O)(=O)Cc2ccccc2)ccc1[N+](=O)[O-]. The third-order valence-corrected chi connectivity index (χ3v) is 4.14. The van der Waals surface area contributed by atoms with Crippen molar-refractivity contribution in [2.45, 2.75) is 5.75 Å². The zero-order valence-electron chi connectivity index (χ0n) is 11.8. The molecule has 0 aromatic heterocycles. The quantitative estimate of drug-likeness (QED) is 0.482. The van der Waals surface area contributed by atoms with Crippen LogP contribution in [0.1, 0.15) is 15.9 Å². The first-order valence-corrected chi connectivity index (χ1v) is 8.06. The number of hydrogen-bond acceptors (Lipinski definition) is 6. The van der Waals surface area contributed by atoms with Gasteiger partial charge in [-0.25, -0.2) is 13.1 Å².